The molecule has 6 heteroatoms. The minimum absolute atomic E-state index is 0.190. The largest absolute Gasteiger partial charge is 0.427 e. The first kappa shape index (κ1) is 77.9. The van der Waals surface area contributed by atoms with E-state index in [9.17, 15) is 14.4 Å². The van der Waals surface area contributed by atoms with Crippen molar-refractivity contribution in [2.75, 3.05) is 0 Å². The summed E-state index contributed by atoms with van der Waals surface area (Å²) in [4.78, 5) is 39.0. The van der Waals surface area contributed by atoms with Gasteiger partial charge in [-0.15, -0.1) is 0 Å². The van der Waals surface area contributed by atoms with Crippen molar-refractivity contribution in [3.8, 4) is 17.2 Å². The van der Waals surface area contributed by atoms with Gasteiger partial charge in [0.05, 0.1) is 0 Å². The SMILES string of the molecule is CCCCCCCC/C=C\CCCCCCCCCCCC(=O)Oc1ccc(C=Cc2cc(OC(=O)CCCCCCCCCCC/C=C\CCCCCCCC)cc(OC(=O)CCCCCCCCCCC/C=C\CCCCCCCC)c2)cc1. The molecule has 0 aromatic heterocycles. The molecule has 488 valence electrons. The fraction of sp³-hybridized carbons (Fsp3) is 0.713. The Bertz CT molecular complexity index is 1890. The van der Waals surface area contributed by atoms with Crippen LogP contribution >= 0.6 is 0 Å². The number of carbonyl (C=O) groups is 3. The Kier molecular flexibility index (Phi) is 55.3. The molecule has 0 saturated carbocycles. The first-order valence-corrected chi connectivity index (χ1v) is 36.9. The van der Waals surface area contributed by atoms with Gasteiger partial charge in [-0.1, -0.05) is 313 Å². The summed E-state index contributed by atoms with van der Waals surface area (Å²) >= 11 is 0. The fourth-order valence-corrected chi connectivity index (χ4v) is 11.3. The molecule has 2 aromatic rings. The Hall–Kier alpha value is -4.19. The van der Waals surface area contributed by atoms with Crippen molar-refractivity contribution >= 4 is 30.1 Å². The van der Waals surface area contributed by atoms with Crippen molar-refractivity contribution < 1.29 is 28.6 Å². The van der Waals surface area contributed by atoms with E-state index < -0.39 is 0 Å². The highest BCUT2D eigenvalue weighted by atomic mass is 16.5. The minimum Gasteiger partial charge on any atom is -0.427 e. The zero-order chi connectivity index (χ0) is 61.5. The number of benzene rings is 2. The Labute approximate surface area is 530 Å². The van der Waals surface area contributed by atoms with E-state index in [0.29, 0.717) is 36.5 Å². The Morgan fingerprint density at radius 3 is 0.744 bits per heavy atom. The van der Waals surface area contributed by atoms with Gasteiger partial charge in [0.25, 0.3) is 0 Å². The number of ether oxygens (including phenoxy) is 3. The Morgan fingerprint density at radius 2 is 0.477 bits per heavy atom. The lowest BCUT2D eigenvalue weighted by atomic mass is 10.1. The maximum atomic E-state index is 13.1. The molecule has 0 spiro atoms. The molecule has 0 unspecified atom stereocenters. The maximum absolute atomic E-state index is 13.1. The summed E-state index contributed by atoms with van der Waals surface area (Å²) < 4.78 is 17.5. The standard InChI is InChI=1S/C80H132O6/c1-4-7-10-13-16-19-22-25-28-31-34-37-40-43-46-49-52-55-58-61-78(81)84-75-68-66-73(67-69-75)64-65-74-70-76(85-79(82)62-59-56-53-50-47-44-41-38-35-32-29-26-23-20-17-14-11-8-5-2)72-77(71-74)86-80(83)63-60-57-54-51-48-45-42-39-36-33-30-27-24-21-18-15-12-9-6-3/h25-30,64-72H,4-24,31-63H2,1-3H3/b28-25-,29-26-,30-27-,65-64?. The van der Waals surface area contributed by atoms with E-state index in [1.54, 1.807) is 6.07 Å². The number of allylic oxidation sites excluding steroid dienone is 6. The van der Waals surface area contributed by atoms with E-state index in [1.807, 2.05) is 48.6 Å². The normalized spacial score (nSPS) is 11.8. The number of rotatable bonds is 62. The maximum Gasteiger partial charge on any atom is 0.311 e. The van der Waals surface area contributed by atoms with Gasteiger partial charge in [-0.25, -0.2) is 0 Å². The second kappa shape index (κ2) is 61.1. The molecule has 0 heterocycles. The van der Waals surface area contributed by atoms with Crippen molar-refractivity contribution in [3.05, 3.63) is 90.0 Å². The second-order valence-electron chi connectivity index (χ2n) is 25.3. The van der Waals surface area contributed by atoms with E-state index in [-0.39, 0.29) is 17.9 Å². The molecular formula is C80H132O6. The van der Waals surface area contributed by atoms with Gasteiger partial charge < -0.3 is 14.2 Å². The topological polar surface area (TPSA) is 78.9 Å². The first-order valence-electron chi connectivity index (χ1n) is 36.9. The zero-order valence-corrected chi connectivity index (χ0v) is 56.3. The molecule has 6 nitrogen and oxygen atoms in total. The van der Waals surface area contributed by atoms with Gasteiger partial charge in [-0.05, 0) is 132 Å². The summed E-state index contributed by atoms with van der Waals surface area (Å²) in [5.41, 5.74) is 1.68. The van der Waals surface area contributed by atoms with Crippen LogP contribution in [-0.2, 0) is 14.4 Å². The monoisotopic (exact) mass is 1190 g/mol. The molecule has 0 aliphatic rings. The van der Waals surface area contributed by atoms with Crippen molar-refractivity contribution in [1.29, 1.82) is 0 Å². The lowest BCUT2D eigenvalue weighted by Gasteiger charge is -2.10. The molecule has 86 heavy (non-hydrogen) atoms. The van der Waals surface area contributed by atoms with Gasteiger partial charge in [-0.2, -0.15) is 0 Å². The summed E-state index contributed by atoms with van der Waals surface area (Å²) in [6, 6.07) is 12.8. The number of hydrogen-bond acceptors (Lipinski definition) is 6. The Balaban J connectivity index is 1.74. The quantitative estimate of drug-likeness (QED) is 0.0216. The fourth-order valence-electron chi connectivity index (χ4n) is 11.3. The smallest absolute Gasteiger partial charge is 0.311 e. The van der Waals surface area contributed by atoms with Crippen LogP contribution in [0.2, 0.25) is 0 Å². The predicted molar refractivity (Wildman–Crippen MR) is 372 cm³/mol. The van der Waals surface area contributed by atoms with E-state index in [2.05, 4.69) is 57.2 Å². The molecule has 0 aliphatic heterocycles. The summed E-state index contributed by atoms with van der Waals surface area (Å²) in [7, 11) is 0. The molecule has 2 rings (SSSR count). The lowest BCUT2D eigenvalue weighted by Crippen LogP contribution is -2.10. The van der Waals surface area contributed by atoms with Gasteiger partial charge in [-0.3, -0.25) is 14.4 Å². The third-order valence-electron chi connectivity index (χ3n) is 16.9. The van der Waals surface area contributed by atoms with Crippen LogP contribution in [-0.4, -0.2) is 17.9 Å². The highest BCUT2D eigenvalue weighted by Gasteiger charge is 2.12. The van der Waals surface area contributed by atoms with Gasteiger partial charge in [0, 0.05) is 25.3 Å². The summed E-state index contributed by atoms with van der Waals surface area (Å²) in [5.74, 6) is 0.557. The highest BCUT2D eigenvalue weighted by Crippen LogP contribution is 2.27. The second-order valence-corrected chi connectivity index (χ2v) is 25.3. The number of esters is 3. The number of unbranched alkanes of at least 4 members (excludes halogenated alkanes) is 45. The third kappa shape index (κ3) is 51.8. The molecule has 0 saturated heterocycles. The van der Waals surface area contributed by atoms with Gasteiger partial charge in [0.1, 0.15) is 17.2 Å². The van der Waals surface area contributed by atoms with Crippen LogP contribution in [0.25, 0.3) is 12.2 Å². The van der Waals surface area contributed by atoms with Gasteiger partial charge >= 0.3 is 17.9 Å². The van der Waals surface area contributed by atoms with Crippen LogP contribution in [0.1, 0.15) is 379 Å². The third-order valence-corrected chi connectivity index (χ3v) is 16.9. The number of hydrogen-bond donors (Lipinski definition) is 0. The molecule has 2 aromatic carbocycles. The van der Waals surface area contributed by atoms with Crippen LogP contribution in [0.3, 0.4) is 0 Å². The van der Waals surface area contributed by atoms with Crippen molar-refractivity contribution in [3.63, 3.8) is 0 Å². The predicted octanol–water partition coefficient (Wildman–Crippen LogP) is 26.4. The number of carbonyl (C=O) groups excluding carboxylic acids is 3. The van der Waals surface area contributed by atoms with Crippen LogP contribution in [0.5, 0.6) is 17.2 Å². The average molecular weight is 1190 g/mol. The van der Waals surface area contributed by atoms with Crippen molar-refractivity contribution in [1.82, 2.24) is 0 Å². The average Bonchev–Trinajstić information content (AvgIpc) is 3.35. The molecule has 0 radical (unpaired) electrons. The molecule has 0 N–H and O–H groups in total. The minimum atomic E-state index is -0.269. The lowest BCUT2D eigenvalue weighted by molar-refractivity contribution is -0.135. The molecule has 0 atom stereocenters. The molecule has 0 aliphatic carbocycles. The van der Waals surface area contributed by atoms with Crippen LogP contribution in [0.4, 0.5) is 0 Å². The molecule has 0 bridgehead atoms. The van der Waals surface area contributed by atoms with E-state index in [4.69, 9.17) is 14.2 Å². The Morgan fingerprint density at radius 1 is 0.256 bits per heavy atom. The van der Waals surface area contributed by atoms with Crippen molar-refractivity contribution in [2.24, 2.45) is 0 Å². The highest BCUT2D eigenvalue weighted by molar-refractivity contribution is 5.77. The van der Waals surface area contributed by atoms with Gasteiger partial charge in [0.2, 0.25) is 0 Å². The van der Waals surface area contributed by atoms with Crippen LogP contribution in [0, 0.1) is 0 Å². The van der Waals surface area contributed by atoms with E-state index in [0.717, 1.165) is 62.5 Å². The molecule has 0 amide bonds. The summed E-state index contributed by atoms with van der Waals surface area (Å²) in [6.45, 7) is 6.83. The van der Waals surface area contributed by atoms with Crippen LogP contribution in [0.15, 0.2) is 78.9 Å². The van der Waals surface area contributed by atoms with E-state index >= 15 is 0 Å². The molecule has 0 fully saturated rings. The zero-order valence-electron chi connectivity index (χ0n) is 56.3. The first-order chi connectivity index (χ1) is 42.4. The van der Waals surface area contributed by atoms with Crippen molar-refractivity contribution in [2.45, 2.75) is 367 Å². The van der Waals surface area contributed by atoms with E-state index in [1.165, 1.54) is 276 Å². The summed E-state index contributed by atoms with van der Waals surface area (Å²) in [5, 5.41) is 0. The van der Waals surface area contributed by atoms with Crippen LogP contribution < -0.4 is 14.2 Å². The summed E-state index contributed by atoms with van der Waals surface area (Å²) in [6.07, 6.45) is 83.5. The molecular weight excluding hydrogens is 1060 g/mol. The van der Waals surface area contributed by atoms with Gasteiger partial charge in [0.15, 0.2) is 0 Å².